The fraction of sp³-hybridized carbons (Fsp3) is 0.308. The molecule has 39 heavy (non-hydrogen) atoms. The Morgan fingerprint density at radius 2 is 2.00 bits per heavy atom. The Morgan fingerprint density at radius 3 is 2.62 bits per heavy atom. The minimum atomic E-state index is -4.86. The van der Waals surface area contributed by atoms with E-state index in [4.69, 9.17) is 0 Å². The molecule has 1 saturated heterocycles. The average Bonchev–Trinajstić information content (AvgIpc) is 3.24. The molecule has 3 heterocycles. The van der Waals surface area contributed by atoms with Crippen molar-refractivity contribution in [2.45, 2.75) is 37.6 Å². The van der Waals surface area contributed by atoms with E-state index in [9.17, 15) is 21.6 Å². The minimum absolute atomic E-state index is 0.102. The van der Waals surface area contributed by atoms with Crippen molar-refractivity contribution in [3.05, 3.63) is 88.9 Å². The lowest BCUT2D eigenvalue weighted by Crippen LogP contribution is -2.40. The summed E-state index contributed by atoms with van der Waals surface area (Å²) in [6.07, 6.45) is 3.50. The van der Waals surface area contributed by atoms with Crippen LogP contribution in [-0.2, 0) is 16.6 Å². The third-order valence-electron chi connectivity index (χ3n) is 6.30. The second-order valence-electron chi connectivity index (χ2n) is 9.03. The van der Waals surface area contributed by atoms with Gasteiger partial charge in [-0.05, 0) is 89.2 Å². The Balaban J connectivity index is 1.52. The molecule has 1 aliphatic rings. The summed E-state index contributed by atoms with van der Waals surface area (Å²) in [5, 5.41) is 7.83. The van der Waals surface area contributed by atoms with Crippen LogP contribution in [0.4, 0.5) is 13.2 Å². The Bertz CT molecular complexity index is 1440. The van der Waals surface area contributed by atoms with E-state index in [1.807, 2.05) is 25.1 Å². The maximum atomic E-state index is 13.3. The lowest BCUT2D eigenvalue weighted by molar-refractivity contribution is -0.274. The summed E-state index contributed by atoms with van der Waals surface area (Å²) in [5.74, 6) is 0.0199. The molecular weight excluding hydrogens is 599 g/mol. The van der Waals surface area contributed by atoms with Crippen LogP contribution in [0.3, 0.4) is 0 Å². The van der Waals surface area contributed by atoms with Gasteiger partial charge in [0.25, 0.3) is 0 Å². The zero-order valence-corrected chi connectivity index (χ0v) is 23.4. The van der Waals surface area contributed by atoms with Gasteiger partial charge in [-0.25, -0.2) is 13.1 Å². The maximum Gasteiger partial charge on any atom is 0.573 e. The summed E-state index contributed by atoms with van der Waals surface area (Å²) in [4.78, 5) is 4.04. The van der Waals surface area contributed by atoms with Crippen LogP contribution in [0.15, 0.2) is 82.6 Å². The van der Waals surface area contributed by atoms with Crippen LogP contribution in [0.5, 0.6) is 5.75 Å². The molecule has 13 heteroatoms. The number of piperidine rings is 1. The molecule has 4 rings (SSSR count). The van der Waals surface area contributed by atoms with E-state index in [0.29, 0.717) is 25.3 Å². The first-order chi connectivity index (χ1) is 18.4. The molecule has 0 aliphatic carbocycles. The molecule has 1 fully saturated rings. The standard InChI is InChI=1S/C26H27BrF3N5O3S/c1-18(13-25(35-19(2)24(27)16-33-35)32-15-20-5-3-11-31-14-20)21-6-4-12-34(17-21)39(36,37)23-9-7-22(8-10-23)38-26(28,29)30/h3,5,7-11,13-14,16,21,32H,1,4,6,12,15,17H2,2H3/b25-13-. The molecule has 1 aromatic carbocycles. The van der Waals surface area contributed by atoms with Gasteiger partial charge in [0, 0.05) is 32.0 Å². The Morgan fingerprint density at radius 1 is 1.26 bits per heavy atom. The fourth-order valence-corrected chi connectivity index (χ4v) is 6.02. The number of nitrogens with zero attached hydrogens (tertiary/aromatic N) is 4. The normalized spacial score (nSPS) is 17.2. The highest BCUT2D eigenvalue weighted by Crippen LogP contribution is 2.30. The number of alkyl halides is 3. The fourth-order valence-electron chi connectivity index (χ4n) is 4.23. The molecule has 0 spiro atoms. The number of nitrogens with one attached hydrogen (secondary N) is 1. The molecule has 208 valence electrons. The molecule has 0 bridgehead atoms. The number of allylic oxidation sites excluding steroid dienone is 1. The van der Waals surface area contributed by atoms with Gasteiger partial charge in [-0.2, -0.15) is 9.40 Å². The van der Waals surface area contributed by atoms with Crippen LogP contribution in [-0.4, -0.2) is 46.9 Å². The number of sulfonamides is 1. The average molecular weight is 626 g/mol. The zero-order valence-electron chi connectivity index (χ0n) is 21.0. The van der Waals surface area contributed by atoms with Crippen LogP contribution >= 0.6 is 15.9 Å². The van der Waals surface area contributed by atoms with Gasteiger partial charge in [-0.3, -0.25) is 4.98 Å². The van der Waals surface area contributed by atoms with Crippen LogP contribution in [0, 0.1) is 12.8 Å². The van der Waals surface area contributed by atoms with Crippen molar-refractivity contribution in [3.8, 4) is 5.75 Å². The lowest BCUT2D eigenvalue weighted by Gasteiger charge is -2.32. The summed E-state index contributed by atoms with van der Waals surface area (Å²) in [6.45, 7) is 7.14. The van der Waals surface area contributed by atoms with E-state index in [1.54, 1.807) is 23.3 Å². The van der Waals surface area contributed by atoms with Gasteiger partial charge >= 0.3 is 6.36 Å². The van der Waals surface area contributed by atoms with Crippen LogP contribution < -0.4 is 10.1 Å². The Labute approximate surface area is 233 Å². The number of rotatable bonds is 9. The maximum absolute atomic E-state index is 13.3. The van der Waals surface area contributed by atoms with Gasteiger partial charge in [-0.1, -0.05) is 12.6 Å². The predicted molar refractivity (Wildman–Crippen MR) is 144 cm³/mol. The van der Waals surface area contributed by atoms with E-state index >= 15 is 0 Å². The van der Waals surface area contributed by atoms with E-state index in [1.165, 1.54) is 4.31 Å². The largest absolute Gasteiger partial charge is 0.573 e. The summed E-state index contributed by atoms with van der Waals surface area (Å²) >= 11 is 3.49. The van der Waals surface area contributed by atoms with Crippen molar-refractivity contribution < 1.29 is 26.3 Å². The number of hydrogen-bond acceptors (Lipinski definition) is 6. The second kappa shape index (κ2) is 11.9. The van der Waals surface area contributed by atoms with Crippen molar-refractivity contribution >= 4 is 31.8 Å². The highest BCUT2D eigenvalue weighted by Gasteiger charge is 2.33. The molecule has 0 saturated carbocycles. The first-order valence-electron chi connectivity index (χ1n) is 12.0. The van der Waals surface area contributed by atoms with Gasteiger partial charge in [0.2, 0.25) is 10.0 Å². The molecule has 0 radical (unpaired) electrons. The van der Waals surface area contributed by atoms with Crippen molar-refractivity contribution in [1.29, 1.82) is 0 Å². The molecule has 1 atom stereocenters. The molecular formula is C26H27BrF3N5O3S. The number of benzene rings is 1. The van der Waals surface area contributed by atoms with Crippen molar-refractivity contribution in [3.63, 3.8) is 0 Å². The monoisotopic (exact) mass is 625 g/mol. The SMILES string of the molecule is C=C(/C=C(/NCc1cccnc1)n1ncc(Br)c1C)C1CCCN(S(=O)(=O)c2ccc(OC(F)(F)F)cc2)C1. The zero-order chi connectivity index (χ0) is 28.2. The third kappa shape index (κ3) is 7.28. The first-order valence-corrected chi connectivity index (χ1v) is 14.3. The number of aromatic nitrogens is 3. The van der Waals surface area contributed by atoms with Crippen molar-refractivity contribution in [2.75, 3.05) is 13.1 Å². The van der Waals surface area contributed by atoms with Gasteiger partial charge in [0.05, 0.1) is 21.3 Å². The molecule has 2 aromatic heterocycles. The number of pyridine rings is 1. The van der Waals surface area contributed by atoms with Crippen LogP contribution in [0.25, 0.3) is 5.82 Å². The molecule has 1 aliphatic heterocycles. The summed E-state index contributed by atoms with van der Waals surface area (Å²) in [5.41, 5.74) is 2.57. The molecule has 1 N–H and O–H groups in total. The van der Waals surface area contributed by atoms with E-state index in [-0.39, 0.29) is 17.4 Å². The highest BCUT2D eigenvalue weighted by molar-refractivity contribution is 9.10. The number of hydrogen-bond donors (Lipinski definition) is 1. The van der Waals surface area contributed by atoms with Crippen LogP contribution in [0.2, 0.25) is 0 Å². The summed E-state index contributed by atoms with van der Waals surface area (Å²) in [7, 11) is -3.93. The van der Waals surface area contributed by atoms with E-state index < -0.39 is 22.1 Å². The van der Waals surface area contributed by atoms with Crippen LogP contribution in [0.1, 0.15) is 24.1 Å². The lowest BCUT2D eigenvalue weighted by atomic mass is 9.92. The number of ether oxygens (including phenoxy) is 1. The highest BCUT2D eigenvalue weighted by atomic mass is 79.9. The van der Waals surface area contributed by atoms with Crippen molar-refractivity contribution in [1.82, 2.24) is 24.4 Å². The van der Waals surface area contributed by atoms with Gasteiger partial charge in [-0.15, -0.1) is 13.2 Å². The summed E-state index contributed by atoms with van der Waals surface area (Å²) < 4.78 is 71.7. The number of halogens is 4. The predicted octanol–water partition coefficient (Wildman–Crippen LogP) is 5.49. The van der Waals surface area contributed by atoms with E-state index in [0.717, 1.165) is 52.0 Å². The topological polar surface area (TPSA) is 89.4 Å². The third-order valence-corrected chi connectivity index (χ3v) is 8.96. The molecule has 1 unspecified atom stereocenters. The molecule has 0 amide bonds. The molecule has 3 aromatic rings. The Kier molecular flexibility index (Phi) is 8.82. The molecule has 8 nitrogen and oxygen atoms in total. The first kappa shape index (κ1) is 28.8. The van der Waals surface area contributed by atoms with Gasteiger partial charge in [0.15, 0.2) is 0 Å². The second-order valence-corrected chi connectivity index (χ2v) is 11.8. The van der Waals surface area contributed by atoms with Gasteiger partial charge < -0.3 is 10.1 Å². The Hall–Kier alpha value is -3.16. The summed E-state index contributed by atoms with van der Waals surface area (Å²) in [6, 6.07) is 8.02. The minimum Gasteiger partial charge on any atom is -0.406 e. The van der Waals surface area contributed by atoms with Gasteiger partial charge in [0.1, 0.15) is 11.6 Å². The quantitative estimate of drug-likeness (QED) is 0.316. The smallest absolute Gasteiger partial charge is 0.406 e. The van der Waals surface area contributed by atoms with E-state index in [2.05, 4.69) is 42.6 Å². The van der Waals surface area contributed by atoms with Crippen molar-refractivity contribution in [2.24, 2.45) is 5.92 Å².